The number of carbonyl (C=O) groups is 3. The van der Waals surface area contributed by atoms with E-state index in [1.54, 1.807) is 24.3 Å². The molecule has 1 aromatic heterocycles. The van der Waals surface area contributed by atoms with Crippen LogP contribution in [0.15, 0.2) is 69.1 Å². The van der Waals surface area contributed by atoms with E-state index < -0.39 is 30.3 Å². The molecule has 1 heterocycles. The smallest absolute Gasteiger partial charge is 0.408 e. The lowest BCUT2D eigenvalue weighted by Gasteiger charge is -2.16. The van der Waals surface area contributed by atoms with Crippen molar-refractivity contribution in [3.8, 4) is 0 Å². The second-order valence-electron chi connectivity index (χ2n) is 6.50. The molecule has 166 valence electrons. The number of nitrogens with one attached hydrogen (secondary N) is 1. The van der Waals surface area contributed by atoms with Crippen LogP contribution in [0.3, 0.4) is 0 Å². The first-order chi connectivity index (χ1) is 15.4. The maximum atomic E-state index is 12.7. The molecule has 2 aromatic carbocycles. The highest BCUT2D eigenvalue weighted by Crippen LogP contribution is 2.26. The molecule has 1 atom stereocenters. The number of carbonyl (C=O) groups excluding carboxylic acids is 2. The summed E-state index contributed by atoms with van der Waals surface area (Å²) in [6, 6.07) is 15.1. The number of tetrazole rings is 1. The average Bonchev–Trinajstić information content (AvgIpc) is 3.20. The summed E-state index contributed by atoms with van der Waals surface area (Å²) in [4.78, 5) is 36.9. The summed E-state index contributed by atoms with van der Waals surface area (Å²) in [6.45, 7) is -0.329. The summed E-state index contributed by atoms with van der Waals surface area (Å²) in [5.74, 6) is -1.82. The first kappa shape index (κ1) is 23.4. The van der Waals surface area contributed by atoms with Crippen LogP contribution in [0.5, 0.6) is 0 Å². The molecular formula is C20H18BrN5O5S. The number of amides is 1. The summed E-state index contributed by atoms with van der Waals surface area (Å²) in [5.41, 5.74) is 0.757. The zero-order valence-corrected chi connectivity index (χ0v) is 19.0. The standard InChI is InChI=1S/C20H18BrN5O5S/c21-14-6-8-15(9-7-14)32-19-23-24-25-26(19)11-17(27)16(10-18(28)29)22-20(30)31-12-13-4-2-1-3-5-13/h1-9,16H,10-12H2,(H,22,30)(H,28,29). The van der Waals surface area contributed by atoms with Crippen LogP contribution in [-0.4, -0.2) is 49.2 Å². The predicted octanol–water partition coefficient (Wildman–Crippen LogP) is 2.93. The van der Waals surface area contributed by atoms with E-state index in [0.29, 0.717) is 5.16 Å². The molecule has 12 heteroatoms. The summed E-state index contributed by atoms with van der Waals surface area (Å²) in [5, 5.41) is 23.1. The van der Waals surface area contributed by atoms with E-state index in [1.807, 2.05) is 30.3 Å². The van der Waals surface area contributed by atoms with Gasteiger partial charge in [-0.25, -0.2) is 9.48 Å². The average molecular weight is 520 g/mol. The van der Waals surface area contributed by atoms with Gasteiger partial charge in [0.25, 0.3) is 0 Å². The number of rotatable bonds is 10. The van der Waals surface area contributed by atoms with Gasteiger partial charge in [0.15, 0.2) is 5.78 Å². The molecule has 0 saturated heterocycles. The number of carboxylic acid groups (broad SMARTS) is 1. The fourth-order valence-electron chi connectivity index (χ4n) is 2.56. The Morgan fingerprint density at radius 1 is 1.12 bits per heavy atom. The van der Waals surface area contributed by atoms with Crippen LogP contribution in [0.2, 0.25) is 0 Å². The molecule has 3 rings (SSSR count). The number of hydrogen-bond acceptors (Lipinski definition) is 8. The van der Waals surface area contributed by atoms with Crippen molar-refractivity contribution < 1.29 is 24.2 Å². The molecule has 0 bridgehead atoms. The predicted molar refractivity (Wildman–Crippen MR) is 117 cm³/mol. The van der Waals surface area contributed by atoms with Gasteiger partial charge >= 0.3 is 12.1 Å². The van der Waals surface area contributed by atoms with Gasteiger partial charge in [-0.1, -0.05) is 46.3 Å². The first-order valence-electron chi connectivity index (χ1n) is 9.32. The summed E-state index contributed by atoms with van der Waals surface area (Å²) < 4.78 is 7.25. The zero-order valence-electron chi connectivity index (χ0n) is 16.6. The maximum Gasteiger partial charge on any atom is 0.408 e. The Hall–Kier alpha value is -3.25. The van der Waals surface area contributed by atoms with Crippen LogP contribution >= 0.6 is 27.7 Å². The van der Waals surface area contributed by atoms with Crippen LogP contribution in [0.1, 0.15) is 12.0 Å². The van der Waals surface area contributed by atoms with Crippen molar-refractivity contribution in [3.63, 3.8) is 0 Å². The van der Waals surface area contributed by atoms with Gasteiger partial charge in [0.05, 0.1) is 6.42 Å². The van der Waals surface area contributed by atoms with Gasteiger partial charge < -0.3 is 15.2 Å². The van der Waals surface area contributed by atoms with Gasteiger partial charge in [0, 0.05) is 9.37 Å². The van der Waals surface area contributed by atoms with Crippen LogP contribution in [0, 0.1) is 0 Å². The molecule has 2 N–H and O–H groups in total. The van der Waals surface area contributed by atoms with Crippen LogP contribution < -0.4 is 5.32 Å². The van der Waals surface area contributed by atoms with Crippen molar-refractivity contribution in [1.29, 1.82) is 0 Å². The van der Waals surface area contributed by atoms with Gasteiger partial charge in [0.2, 0.25) is 5.16 Å². The van der Waals surface area contributed by atoms with E-state index in [4.69, 9.17) is 9.84 Å². The second kappa shape index (κ2) is 11.4. The van der Waals surface area contributed by atoms with Crippen molar-refractivity contribution in [3.05, 3.63) is 64.6 Å². The maximum absolute atomic E-state index is 12.7. The molecule has 0 fully saturated rings. The highest BCUT2D eigenvalue weighted by molar-refractivity contribution is 9.10. The van der Waals surface area contributed by atoms with Crippen molar-refractivity contribution in [1.82, 2.24) is 25.5 Å². The minimum absolute atomic E-state index is 0.0123. The minimum Gasteiger partial charge on any atom is -0.481 e. The zero-order chi connectivity index (χ0) is 22.9. The Kier molecular flexibility index (Phi) is 8.34. The summed E-state index contributed by atoms with van der Waals surface area (Å²) in [6.07, 6.45) is -1.49. The first-order valence-corrected chi connectivity index (χ1v) is 10.9. The minimum atomic E-state index is -1.30. The number of ketones is 1. The van der Waals surface area contributed by atoms with Gasteiger partial charge in [-0.2, -0.15) is 0 Å². The number of carboxylic acids is 1. The van der Waals surface area contributed by atoms with Crippen molar-refractivity contribution in [2.45, 2.75) is 35.7 Å². The van der Waals surface area contributed by atoms with E-state index in [9.17, 15) is 14.4 Å². The second-order valence-corrected chi connectivity index (χ2v) is 8.45. The lowest BCUT2D eigenvalue weighted by Crippen LogP contribution is -2.44. The number of aromatic nitrogens is 4. The number of aliphatic carboxylic acids is 1. The van der Waals surface area contributed by atoms with Gasteiger partial charge in [-0.05, 0) is 52.0 Å². The Balaban J connectivity index is 1.62. The summed E-state index contributed by atoms with van der Waals surface area (Å²) >= 11 is 4.60. The van der Waals surface area contributed by atoms with Crippen molar-refractivity contribution >= 4 is 45.5 Å². The van der Waals surface area contributed by atoms with E-state index >= 15 is 0 Å². The lowest BCUT2D eigenvalue weighted by atomic mass is 10.1. The Morgan fingerprint density at radius 3 is 2.53 bits per heavy atom. The summed E-state index contributed by atoms with van der Waals surface area (Å²) in [7, 11) is 0. The fourth-order valence-corrected chi connectivity index (χ4v) is 3.59. The molecule has 0 aliphatic rings. The lowest BCUT2D eigenvalue weighted by molar-refractivity contribution is -0.139. The largest absolute Gasteiger partial charge is 0.481 e. The van der Waals surface area contributed by atoms with Crippen molar-refractivity contribution in [2.75, 3.05) is 0 Å². The number of benzene rings is 2. The Morgan fingerprint density at radius 2 is 1.84 bits per heavy atom. The molecule has 1 amide bonds. The fraction of sp³-hybridized carbons (Fsp3) is 0.200. The van der Waals surface area contributed by atoms with Gasteiger partial charge in [-0.3, -0.25) is 9.59 Å². The molecule has 1 unspecified atom stereocenters. The third-order valence-electron chi connectivity index (χ3n) is 4.10. The number of ether oxygens (including phenoxy) is 1. The molecule has 0 aliphatic heterocycles. The van der Waals surface area contributed by atoms with E-state index in [0.717, 1.165) is 14.9 Å². The molecule has 10 nitrogen and oxygen atoms in total. The SMILES string of the molecule is O=C(O)CC(NC(=O)OCc1ccccc1)C(=O)Cn1nnnc1Sc1ccc(Br)cc1. The molecule has 0 aliphatic carbocycles. The number of Topliss-reactive ketones (excluding diaryl/α,β-unsaturated/α-hetero) is 1. The molecule has 32 heavy (non-hydrogen) atoms. The Bertz CT molecular complexity index is 1080. The van der Waals surface area contributed by atoms with Gasteiger partial charge in [0.1, 0.15) is 19.2 Å². The topological polar surface area (TPSA) is 136 Å². The third kappa shape index (κ3) is 7.17. The number of halogens is 1. The highest BCUT2D eigenvalue weighted by Gasteiger charge is 2.26. The van der Waals surface area contributed by atoms with Crippen LogP contribution in [-0.2, 0) is 27.5 Å². The van der Waals surface area contributed by atoms with E-state index in [2.05, 4.69) is 36.8 Å². The molecular weight excluding hydrogens is 502 g/mol. The quantitative estimate of drug-likeness (QED) is 0.414. The monoisotopic (exact) mass is 519 g/mol. The van der Waals surface area contributed by atoms with E-state index in [-0.39, 0.29) is 13.2 Å². The van der Waals surface area contributed by atoms with Crippen LogP contribution in [0.25, 0.3) is 0 Å². The van der Waals surface area contributed by atoms with E-state index in [1.165, 1.54) is 16.4 Å². The molecule has 0 radical (unpaired) electrons. The number of nitrogens with zero attached hydrogens (tertiary/aromatic N) is 4. The van der Waals surface area contributed by atoms with Crippen molar-refractivity contribution in [2.24, 2.45) is 0 Å². The molecule has 0 saturated carbocycles. The number of alkyl carbamates (subject to hydrolysis) is 1. The normalized spacial score (nSPS) is 11.5. The highest BCUT2D eigenvalue weighted by atomic mass is 79.9. The number of hydrogen-bond donors (Lipinski definition) is 2. The van der Waals surface area contributed by atoms with Gasteiger partial charge in [-0.15, -0.1) is 5.10 Å². The van der Waals surface area contributed by atoms with Crippen LogP contribution in [0.4, 0.5) is 4.79 Å². The molecule has 3 aromatic rings. The Labute approximate surface area is 195 Å². The molecule has 0 spiro atoms. The third-order valence-corrected chi connectivity index (χ3v) is 5.61.